The van der Waals surface area contributed by atoms with E-state index in [4.69, 9.17) is 4.74 Å². The zero-order chi connectivity index (χ0) is 15.6. The maximum absolute atomic E-state index is 12.5. The fourth-order valence-corrected chi connectivity index (χ4v) is 2.41. The molecule has 1 fully saturated rings. The van der Waals surface area contributed by atoms with E-state index in [1.54, 1.807) is 0 Å². The Morgan fingerprint density at radius 3 is 2.59 bits per heavy atom. The van der Waals surface area contributed by atoms with Crippen LogP contribution >= 0.6 is 0 Å². The quantitative estimate of drug-likeness (QED) is 0.894. The lowest BCUT2D eigenvalue weighted by Crippen LogP contribution is -2.22. The van der Waals surface area contributed by atoms with Crippen LogP contribution in [0.4, 0.5) is 13.2 Å². The summed E-state index contributed by atoms with van der Waals surface area (Å²) in [7, 11) is 0. The van der Waals surface area contributed by atoms with Crippen molar-refractivity contribution < 1.29 is 17.9 Å². The smallest absolute Gasteiger partial charge is 0.371 e. The third-order valence-corrected chi connectivity index (χ3v) is 3.60. The lowest BCUT2D eigenvalue weighted by Gasteiger charge is -2.16. The molecule has 2 N–H and O–H groups in total. The van der Waals surface area contributed by atoms with Crippen molar-refractivity contribution in [3.63, 3.8) is 0 Å². The highest BCUT2D eigenvalue weighted by atomic mass is 19.4. The standard InChI is InChI=1S/C13H14F3N5O/c14-13(15,16)9-3-1-8(2-4-9)7-22-11-6-17-5-10(11)12-18-20-21-19-12/h1-4,10-11,17H,5-7H2,(H,18,19,20,21)/t10-,11-/m1/s1. The first-order chi connectivity index (χ1) is 10.5. The molecule has 0 bridgehead atoms. The largest absolute Gasteiger partial charge is 0.416 e. The van der Waals surface area contributed by atoms with Crippen LogP contribution in [0.5, 0.6) is 0 Å². The zero-order valence-electron chi connectivity index (χ0n) is 11.5. The van der Waals surface area contributed by atoms with Gasteiger partial charge in [-0.25, -0.2) is 0 Å². The molecule has 2 heterocycles. The maximum Gasteiger partial charge on any atom is 0.416 e. The van der Waals surface area contributed by atoms with E-state index in [0.29, 0.717) is 24.5 Å². The van der Waals surface area contributed by atoms with E-state index in [1.807, 2.05) is 0 Å². The number of nitrogens with zero attached hydrogens (tertiary/aromatic N) is 3. The van der Waals surface area contributed by atoms with Gasteiger partial charge in [0.2, 0.25) is 0 Å². The Hall–Kier alpha value is -2.00. The van der Waals surface area contributed by atoms with Gasteiger partial charge in [0.05, 0.1) is 24.2 Å². The molecule has 0 aliphatic carbocycles. The second kappa shape index (κ2) is 6.01. The molecule has 0 amide bonds. The fraction of sp³-hybridized carbons (Fsp3) is 0.462. The second-order valence-corrected chi connectivity index (χ2v) is 5.08. The van der Waals surface area contributed by atoms with Gasteiger partial charge in [-0.2, -0.15) is 18.4 Å². The van der Waals surface area contributed by atoms with Gasteiger partial charge in [0, 0.05) is 13.1 Å². The Bertz CT molecular complexity index is 599. The first-order valence-corrected chi connectivity index (χ1v) is 6.76. The van der Waals surface area contributed by atoms with Crippen molar-refractivity contribution in [2.24, 2.45) is 0 Å². The normalized spacial score (nSPS) is 22.1. The number of hydrogen-bond acceptors (Lipinski definition) is 5. The zero-order valence-corrected chi connectivity index (χ0v) is 11.5. The molecular formula is C13H14F3N5O. The lowest BCUT2D eigenvalue weighted by atomic mass is 10.1. The summed E-state index contributed by atoms with van der Waals surface area (Å²) in [5, 5.41) is 17.0. The van der Waals surface area contributed by atoms with Crippen LogP contribution in [0.15, 0.2) is 24.3 Å². The van der Waals surface area contributed by atoms with E-state index in [1.165, 1.54) is 12.1 Å². The number of rotatable bonds is 4. The van der Waals surface area contributed by atoms with E-state index in [0.717, 1.165) is 12.1 Å². The molecule has 1 aromatic carbocycles. The summed E-state index contributed by atoms with van der Waals surface area (Å²) in [6, 6.07) is 4.97. The van der Waals surface area contributed by atoms with E-state index in [2.05, 4.69) is 25.9 Å². The van der Waals surface area contributed by atoms with Crippen LogP contribution in [0.3, 0.4) is 0 Å². The van der Waals surface area contributed by atoms with E-state index < -0.39 is 11.7 Å². The molecule has 2 atom stereocenters. The van der Waals surface area contributed by atoms with Crippen LogP contribution < -0.4 is 5.32 Å². The van der Waals surface area contributed by atoms with Crippen molar-refractivity contribution in [2.45, 2.75) is 24.8 Å². The molecule has 22 heavy (non-hydrogen) atoms. The average molecular weight is 313 g/mol. The molecule has 9 heteroatoms. The molecule has 0 radical (unpaired) electrons. The van der Waals surface area contributed by atoms with Crippen molar-refractivity contribution in [1.82, 2.24) is 25.9 Å². The van der Waals surface area contributed by atoms with Crippen LogP contribution in [-0.4, -0.2) is 39.8 Å². The number of hydrogen-bond donors (Lipinski definition) is 2. The third kappa shape index (κ3) is 3.25. The highest BCUT2D eigenvalue weighted by molar-refractivity contribution is 5.24. The number of tetrazole rings is 1. The maximum atomic E-state index is 12.5. The molecule has 6 nitrogen and oxygen atoms in total. The summed E-state index contributed by atoms with van der Waals surface area (Å²) in [5.74, 6) is 0.551. The molecule has 0 unspecified atom stereocenters. The predicted molar refractivity (Wildman–Crippen MR) is 69.8 cm³/mol. The monoisotopic (exact) mass is 313 g/mol. The number of nitrogens with one attached hydrogen (secondary N) is 2. The van der Waals surface area contributed by atoms with Gasteiger partial charge in [0.1, 0.15) is 0 Å². The van der Waals surface area contributed by atoms with Gasteiger partial charge in [0.25, 0.3) is 0 Å². The summed E-state index contributed by atoms with van der Waals surface area (Å²) in [5.41, 5.74) is 0.0234. The number of aromatic amines is 1. The predicted octanol–water partition coefficient (Wildman–Crippen LogP) is 1.49. The Labute approximate surface area is 124 Å². The van der Waals surface area contributed by atoms with Crippen LogP contribution in [0.2, 0.25) is 0 Å². The summed E-state index contributed by atoms with van der Waals surface area (Å²) >= 11 is 0. The van der Waals surface area contributed by atoms with Gasteiger partial charge in [-0.05, 0) is 17.7 Å². The first-order valence-electron chi connectivity index (χ1n) is 6.76. The van der Waals surface area contributed by atoms with Crippen LogP contribution in [0, 0.1) is 0 Å². The van der Waals surface area contributed by atoms with Crippen LogP contribution in [0.1, 0.15) is 22.9 Å². The minimum atomic E-state index is -4.32. The molecular weight excluding hydrogens is 299 g/mol. The molecule has 0 saturated carbocycles. The number of halogens is 3. The van der Waals surface area contributed by atoms with E-state index >= 15 is 0 Å². The molecule has 1 aromatic heterocycles. The summed E-state index contributed by atoms with van der Waals surface area (Å²) in [6.07, 6.45) is -4.46. The lowest BCUT2D eigenvalue weighted by molar-refractivity contribution is -0.137. The Morgan fingerprint density at radius 2 is 1.95 bits per heavy atom. The molecule has 0 spiro atoms. The summed E-state index contributed by atoms with van der Waals surface area (Å²) in [4.78, 5) is 0. The number of benzene rings is 1. The van der Waals surface area contributed by atoms with Gasteiger partial charge in [0.15, 0.2) is 5.82 Å². The van der Waals surface area contributed by atoms with Gasteiger partial charge >= 0.3 is 6.18 Å². The molecule has 1 aliphatic heterocycles. The number of aromatic nitrogens is 4. The van der Waals surface area contributed by atoms with Crippen LogP contribution in [-0.2, 0) is 17.5 Å². The fourth-order valence-electron chi connectivity index (χ4n) is 2.41. The second-order valence-electron chi connectivity index (χ2n) is 5.08. The number of ether oxygens (including phenoxy) is 1. The highest BCUT2D eigenvalue weighted by Crippen LogP contribution is 2.29. The van der Waals surface area contributed by atoms with Crippen molar-refractivity contribution in [2.75, 3.05) is 13.1 Å². The van der Waals surface area contributed by atoms with Crippen molar-refractivity contribution >= 4 is 0 Å². The molecule has 2 aromatic rings. The Balaban J connectivity index is 1.60. The van der Waals surface area contributed by atoms with Gasteiger partial charge in [-0.3, -0.25) is 0 Å². The third-order valence-electron chi connectivity index (χ3n) is 3.60. The average Bonchev–Trinajstić information content (AvgIpc) is 3.15. The first kappa shape index (κ1) is 14.9. The highest BCUT2D eigenvalue weighted by Gasteiger charge is 2.32. The molecule has 1 saturated heterocycles. The molecule has 3 rings (SSSR count). The van der Waals surface area contributed by atoms with E-state index in [-0.39, 0.29) is 18.6 Å². The van der Waals surface area contributed by atoms with Crippen LogP contribution in [0.25, 0.3) is 0 Å². The van der Waals surface area contributed by atoms with Gasteiger partial charge in [-0.15, -0.1) is 10.2 Å². The van der Waals surface area contributed by atoms with Gasteiger partial charge < -0.3 is 10.1 Å². The number of alkyl halides is 3. The SMILES string of the molecule is FC(F)(F)c1ccc(CO[C@@H]2CNC[C@H]2c2nn[nH]n2)cc1. The van der Waals surface area contributed by atoms with Crippen molar-refractivity contribution in [1.29, 1.82) is 0 Å². The topological polar surface area (TPSA) is 75.7 Å². The van der Waals surface area contributed by atoms with Crippen molar-refractivity contribution in [3.8, 4) is 0 Å². The Kier molecular flexibility index (Phi) is 4.08. The summed E-state index contributed by atoms with van der Waals surface area (Å²) in [6.45, 7) is 1.55. The van der Waals surface area contributed by atoms with Crippen molar-refractivity contribution in [3.05, 3.63) is 41.2 Å². The summed E-state index contributed by atoms with van der Waals surface area (Å²) < 4.78 is 43.3. The minimum Gasteiger partial charge on any atom is -0.371 e. The molecule has 1 aliphatic rings. The molecule has 118 valence electrons. The Morgan fingerprint density at radius 1 is 1.18 bits per heavy atom. The minimum absolute atomic E-state index is 0.0202. The van der Waals surface area contributed by atoms with Gasteiger partial charge in [-0.1, -0.05) is 17.3 Å². The van der Waals surface area contributed by atoms with E-state index in [9.17, 15) is 13.2 Å². The number of H-pyrrole nitrogens is 1.